The molecule has 2 aromatic rings. The number of nitrogens with one attached hydrogen (secondary N) is 1. The third kappa shape index (κ3) is 2.46. The highest BCUT2D eigenvalue weighted by molar-refractivity contribution is 5.97. The van der Waals surface area contributed by atoms with Gasteiger partial charge in [-0.2, -0.15) is 0 Å². The van der Waals surface area contributed by atoms with E-state index in [9.17, 15) is 4.79 Å². The van der Waals surface area contributed by atoms with Crippen LogP contribution in [0, 0.1) is 6.92 Å². The molecule has 0 unspecified atom stereocenters. The SMILES string of the molecule is Cc1nc2cc(C(=O)N3CCCNCC3)ccc2o1. The second kappa shape index (κ2) is 5.01. The van der Waals surface area contributed by atoms with E-state index in [1.54, 1.807) is 0 Å². The standard InChI is InChI=1S/C14H17N3O2/c1-10-16-12-9-11(3-4-13(12)19-10)14(18)17-7-2-5-15-6-8-17/h3-4,9,15H,2,5-8H2,1H3. The Morgan fingerprint density at radius 3 is 3.16 bits per heavy atom. The fourth-order valence-corrected chi connectivity index (χ4v) is 2.41. The van der Waals surface area contributed by atoms with Gasteiger partial charge in [0.15, 0.2) is 11.5 Å². The molecule has 1 amide bonds. The largest absolute Gasteiger partial charge is 0.441 e. The fraction of sp³-hybridized carbons (Fsp3) is 0.429. The molecular formula is C14H17N3O2. The fourth-order valence-electron chi connectivity index (χ4n) is 2.41. The summed E-state index contributed by atoms with van der Waals surface area (Å²) in [6.45, 7) is 5.21. The number of oxazole rings is 1. The maximum Gasteiger partial charge on any atom is 0.253 e. The maximum atomic E-state index is 12.4. The molecule has 1 aliphatic heterocycles. The van der Waals surface area contributed by atoms with Crippen molar-refractivity contribution < 1.29 is 9.21 Å². The Morgan fingerprint density at radius 1 is 1.37 bits per heavy atom. The van der Waals surface area contributed by atoms with Crippen molar-refractivity contribution in [3.05, 3.63) is 29.7 Å². The molecule has 5 heteroatoms. The molecule has 5 nitrogen and oxygen atoms in total. The summed E-state index contributed by atoms with van der Waals surface area (Å²) in [5, 5.41) is 3.30. The zero-order chi connectivity index (χ0) is 13.2. The quantitative estimate of drug-likeness (QED) is 0.844. The summed E-state index contributed by atoms with van der Waals surface area (Å²) < 4.78 is 5.42. The Kier molecular flexibility index (Phi) is 3.21. The minimum absolute atomic E-state index is 0.0752. The Balaban J connectivity index is 1.87. The Bertz CT molecular complexity index is 598. The van der Waals surface area contributed by atoms with E-state index in [0.29, 0.717) is 11.5 Å². The van der Waals surface area contributed by atoms with Crippen molar-refractivity contribution >= 4 is 17.0 Å². The van der Waals surface area contributed by atoms with Crippen LogP contribution in [0.15, 0.2) is 22.6 Å². The smallest absolute Gasteiger partial charge is 0.253 e. The Hall–Kier alpha value is -1.88. The van der Waals surface area contributed by atoms with E-state index in [2.05, 4.69) is 10.3 Å². The second-order valence-corrected chi connectivity index (χ2v) is 4.81. The molecule has 0 spiro atoms. The van der Waals surface area contributed by atoms with Crippen LogP contribution < -0.4 is 5.32 Å². The molecule has 0 saturated carbocycles. The summed E-state index contributed by atoms with van der Waals surface area (Å²) in [5.74, 6) is 0.699. The van der Waals surface area contributed by atoms with E-state index in [1.807, 2.05) is 30.0 Å². The van der Waals surface area contributed by atoms with Crippen molar-refractivity contribution in [3.63, 3.8) is 0 Å². The van der Waals surface area contributed by atoms with Crippen molar-refractivity contribution in [2.24, 2.45) is 0 Å². The first-order valence-corrected chi connectivity index (χ1v) is 6.61. The number of hydrogen-bond donors (Lipinski definition) is 1. The molecule has 0 aliphatic carbocycles. The summed E-state index contributed by atoms with van der Waals surface area (Å²) in [4.78, 5) is 18.6. The predicted molar refractivity (Wildman–Crippen MR) is 72.1 cm³/mol. The summed E-state index contributed by atoms with van der Waals surface area (Å²) in [6, 6.07) is 5.44. The lowest BCUT2D eigenvalue weighted by Crippen LogP contribution is -2.34. The monoisotopic (exact) mass is 259 g/mol. The molecule has 0 atom stereocenters. The summed E-state index contributed by atoms with van der Waals surface area (Å²) >= 11 is 0. The first-order valence-electron chi connectivity index (χ1n) is 6.61. The van der Waals surface area contributed by atoms with Crippen molar-refractivity contribution in [2.45, 2.75) is 13.3 Å². The van der Waals surface area contributed by atoms with Crippen LogP contribution in [-0.4, -0.2) is 42.0 Å². The van der Waals surface area contributed by atoms with Crippen LogP contribution in [0.4, 0.5) is 0 Å². The highest BCUT2D eigenvalue weighted by Crippen LogP contribution is 2.18. The van der Waals surface area contributed by atoms with Gasteiger partial charge in [0.2, 0.25) is 0 Å². The number of amides is 1. The minimum atomic E-state index is 0.0752. The van der Waals surface area contributed by atoms with Gasteiger partial charge >= 0.3 is 0 Å². The number of carbonyl (C=O) groups excluding carboxylic acids is 1. The predicted octanol–water partition coefficient (Wildman–Crippen LogP) is 1.57. The van der Waals surface area contributed by atoms with E-state index >= 15 is 0 Å². The van der Waals surface area contributed by atoms with E-state index in [4.69, 9.17) is 4.42 Å². The van der Waals surface area contributed by atoms with Gasteiger partial charge < -0.3 is 14.6 Å². The third-order valence-electron chi connectivity index (χ3n) is 3.37. The Morgan fingerprint density at radius 2 is 2.26 bits per heavy atom. The van der Waals surface area contributed by atoms with Gasteiger partial charge in [0.25, 0.3) is 5.91 Å². The molecule has 1 aromatic heterocycles. The normalized spacial score (nSPS) is 16.6. The van der Waals surface area contributed by atoms with Gasteiger partial charge in [-0.25, -0.2) is 4.98 Å². The van der Waals surface area contributed by atoms with Gasteiger partial charge in [-0.3, -0.25) is 4.79 Å². The third-order valence-corrected chi connectivity index (χ3v) is 3.37. The van der Waals surface area contributed by atoms with E-state index < -0.39 is 0 Å². The van der Waals surface area contributed by atoms with Crippen LogP contribution in [0.25, 0.3) is 11.1 Å². The number of hydrogen-bond acceptors (Lipinski definition) is 4. The van der Waals surface area contributed by atoms with Crippen molar-refractivity contribution in [2.75, 3.05) is 26.2 Å². The highest BCUT2D eigenvalue weighted by atomic mass is 16.3. The topological polar surface area (TPSA) is 58.4 Å². The van der Waals surface area contributed by atoms with Crippen molar-refractivity contribution in [1.29, 1.82) is 0 Å². The van der Waals surface area contributed by atoms with Gasteiger partial charge in [0.1, 0.15) is 5.52 Å². The van der Waals surface area contributed by atoms with Crippen LogP contribution in [0.5, 0.6) is 0 Å². The molecule has 100 valence electrons. The van der Waals surface area contributed by atoms with Gasteiger partial charge in [-0.1, -0.05) is 0 Å². The van der Waals surface area contributed by atoms with Crippen LogP contribution in [0.1, 0.15) is 22.7 Å². The van der Waals surface area contributed by atoms with Crippen LogP contribution in [0.3, 0.4) is 0 Å². The molecular weight excluding hydrogens is 242 g/mol. The first-order chi connectivity index (χ1) is 9.24. The second-order valence-electron chi connectivity index (χ2n) is 4.81. The van der Waals surface area contributed by atoms with E-state index in [-0.39, 0.29) is 5.91 Å². The van der Waals surface area contributed by atoms with Crippen molar-refractivity contribution in [3.8, 4) is 0 Å². The average molecular weight is 259 g/mol. The number of nitrogens with zero attached hydrogens (tertiary/aromatic N) is 2. The number of rotatable bonds is 1. The van der Waals surface area contributed by atoms with Crippen molar-refractivity contribution in [1.82, 2.24) is 15.2 Å². The molecule has 19 heavy (non-hydrogen) atoms. The zero-order valence-corrected chi connectivity index (χ0v) is 11.0. The number of aromatic nitrogens is 1. The molecule has 1 saturated heterocycles. The Labute approximate surface area is 111 Å². The van der Waals surface area contributed by atoms with Gasteiger partial charge in [-0.15, -0.1) is 0 Å². The molecule has 1 N–H and O–H groups in total. The lowest BCUT2D eigenvalue weighted by Gasteiger charge is -2.19. The molecule has 0 radical (unpaired) electrons. The van der Waals surface area contributed by atoms with Crippen LogP contribution in [-0.2, 0) is 0 Å². The van der Waals surface area contributed by atoms with Gasteiger partial charge in [0, 0.05) is 32.1 Å². The summed E-state index contributed by atoms with van der Waals surface area (Å²) in [7, 11) is 0. The maximum absolute atomic E-state index is 12.4. The number of aryl methyl sites for hydroxylation is 1. The lowest BCUT2D eigenvalue weighted by atomic mass is 10.1. The molecule has 1 aliphatic rings. The number of carbonyl (C=O) groups is 1. The number of benzene rings is 1. The molecule has 1 aromatic carbocycles. The lowest BCUT2D eigenvalue weighted by molar-refractivity contribution is 0.0766. The average Bonchev–Trinajstić information content (AvgIpc) is 2.63. The molecule has 2 heterocycles. The van der Waals surface area contributed by atoms with E-state index in [0.717, 1.165) is 43.7 Å². The molecule has 3 rings (SSSR count). The zero-order valence-electron chi connectivity index (χ0n) is 11.0. The first kappa shape index (κ1) is 12.2. The van der Waals surface area contributed by atoms with Gasteiger partial charge in [0.05, 0.1) is 0 Å². The summed E-state index contributed by atoms with van der Waals surface area (Å²) in [5.41, 5.74) is 2.16. The number of fused-ring (bicyclic) bond motifs is 1. The summed E-state index contributed by atoms with van der Waals surface area (Å²) in [6.07, 6.45) is 0.997. The minimum Gasteiger partial charge on any atom is -0.441 e. The molecule has 0 bridgehead atoms. The highest BCUT2D eigenvalue weighted by Gasteiger charge is 2.18. The molecule has 1 fully saturated rings. The van der Waals surface area contributed by atoms with E-state index in [1.165, 1.54) is 0 Å². The van der Waals surface area contributed by atoms with Crippen LogP contribution >= 0.6 is 0 Å². The van der Waals surface area contributed by atoms with Crippen LogP contribution in [0.2, 0.25) is 0 Å². The van der Waals surface area contributed by atoms with Gasteiger partial charge in [-0.05, 0) is 31.2 Å².